The van der Waals surface area contributed by atoms with Crippen LogP contribution >= 0.6 is 35.7 Å². The Labute approximate surface area is 112 Å². The molecule has 0 aliphatic carbocycles. The summed E-state index contributed by atoms with van der Waals surface area (Å²) in [4.78, 5) is 0. The van der Waals surface area contributed by atoms with E-state index in [1.807, 2.05) is 23.5 Å². The Balaban J connectivity index is 2.09. The molecule has 0 aromatic rings. The minimum absolute atomic E-state index is 0.262. The van der Waals surface area contributed by atoms with Crippen LogP contribution in [0.2, 0.25) is 0 Å². The lowest BCUT2D eigenvalue weighted by Gasteiger charge is -2.23. The van der Waals surface area contributed by atoms with E-state index in [1.165, 1.54) is 17.3 Å². The maximum Gasteiger partial charge on any atom is 0.166 e. The Morgan fingerprint density at radius 3 is 3.00 bits per heavy atom. The van der Waals surface area contributed by atoms with Gasteiger partial charge in [-0.15, -0.1) is 0 Å². The van der Waals surface area contributed by atoms with E-state index in [4.69, 9.17) is 17.0 Å². The molecular weight excluding hydrogens is 260 g/mol. The molecule has 0 aromatic heterocycles. The molecule has 2 atom stereocenters. The molecule has 6 heteroatoms. The molecule has 1 aliphatic rings. The zero-order valence-corrected chi connectivity index (χ0v) is 12.3. The van der Waals surface area contributed by atoms with E-state index >= 15 is 0 Å². The molecule has 1 aliphatic heterocycles. The third kappa shape index (κ3) is 6.18. The maximum absolute atomic E-state index is 5.22. The van der Waals surface area contributed by atoms with E-state index in [1.54, 1.807) is 7.11 Å². The molecule has 1 heterocycles. The van der Waals surface area contributed by atoms with Gasteiger partial charge in [0.25, 0.3) is 0 Å². The number of thioether (sulfide) groups is 2. The van der Waals surface area contributed by atoms with E-state index in [0.717, 1.165) is 11.7 Å². The van der Waals surface area contributed by atoms with Gasteiger partial charge in [-0.05, 0) is 19.1 Å². The van der Waals surface area contributed by atoms with Crippen LogP contribution in [0.15, 0.2) is 0 Å². The minimum Gasteiger partial charge on any atom is -0.383 e. The highest BCUT2D eigenvalue weighted by atomic mass is 32.2. The maximum atomic E-state index is 5.22. The molecular formula is C10H20N2OS3. The summed E-state index contributed by atoms with van der Waals surface area (Å²) in [5.41, 5.74) is 0. The summed E-state index contributed by atoms with van der Waals surface area (Å²) < 4.78 is 5.04. The lowest BCUT2D eigenvalue weighted by molar-refractivity contribution is 0.179. The van der Waals surface area contributed by atoms with Crippen molar-refractivity contribution in [3.63, 3.8) is 0 Å². The van der Waals surface area contributed by atoms with E-state index in [-0.39, 0.29) is 6.04 Å². The van der Waals surface area contributed by atoms with Crippen LogP contribution in [0.1, 0.15) is 6.92 Å². The predicted octanol–water partition coefficient (Wildman–Crippen LogP) is 1.33. The fraction of sp³-hybridized carbons (Fsp3) is 0.900. The molecule has 0 bridgehead atoms. The van der Waals surface area contributed by atoms with Crippen molar-refractivity contribution in [1.29, 1.82) is 0 Å². The van der Waals surface area contributed by atoms with Gasteiger partial charge in [0.2, 0.25) is 0 Å². The van der Waals surface area contributed by atoms with Crippen molar-refractivity contribution in [2.45, 2.75) is 18.2 Å². The lowest BCUT2D eigenvalue weighted by Crippen LogP contribution is -2.44. The summed E-state index contributed by atoms with van der Waals surface area (Å²) in [6.07, 6.45) is 0. The number of methoxy groups -OCH3 is 1. The monoisotopic (exact) mass is 280 g/mol. The molecule has 0 spiro atoms. The third-order valence-corrected chi connectivity index (χ3v) is 5.28. The SMILES string of the molecule is COCC(C)NC(=S)NCC1CSCCS1. The first kappa shape index (κ1) is 14.4. The van der Waals surface area contributed by atoms with Crippen molar-refractivity contribution in [2.75, 3.05) is 37.5 Å². The van der Waals surface area contributed by atoms with Crippen LogP contribution in [0.25, 0.3) is 0 Å². The molecule has 1 saturated heterocycles. The van der Waals surface area contributed by atoms with Crippen molar-refractivity contribution >= 4 is 40.9 Å². The van der Waals surface area contributed by atoms with Crippen molar-refractivity contribution in [2.24, 2.45) is 0 Å². The molecule has 2 N–H and O–H groups in total. The van der Waals surface area contributed by atoms with Crippen LogP contribution in [-0.2, 0) is 4.74 Å². The Morgan fingerprint density at radius 1 is 1.56 bits per heavy atom. The first-order valence-corrected chi connectivity index (χ1v) is 8.06. The molecule has 0 amide bonds. The Bertz CT molecular complexity index is 210. The quantitative estimate of drug-likeness (QED) is 0.740. The van der Waals surface area contributed by atoms with Crippen LogP contribution in [0, 0.1) is 0 Å². The average molecular weight is 280 g/mol. The van der Waals surface area contributed by atoms with Gasteiger partial charge in [-0.1, -0.05) is 0 Å². The van der Waals surface area contributed by atoms with Gasteiger partial charge in [-0.2, -0.15) is 23.5 Å². The van der Waals surface area contributed by atoms with Crippen LogP contribution in [0.5, 0.6) is 0 Å². The van der Waals surface area contributed by atoms with Gasteiger partial charge in [-0.3, -0.25) is 0 Å². The van der Waals surface area contributed by atoms with Crippen molar-refractivity contribution in [3.8, 4) is 0 Å². The molecule has 1 rings (SSSR count). The second-order valence-electron chi connectivity index (χ2n) is 3.78. The number of thiocarbonyl (C=S) groups is 1. The van der Waals surface area contributed by atoms with Crippen LogP contribution in [-0.4, -0.2) is 53.9 Å². The van der Waals surface area contributed by atoms with Gasteiger partial charge in [-0.25, -0.2) is 0 Å². The second-order valence-corrected chi connectivity index (χ2v) is 6.74. The fourth-order valence-corrected chi connectivity index (χ4v) is 4.32. The van der Waals surface area contributed by atoms with E-state index in [0.29, 0.717) is 11.9 Å². The Morgan fingerprint density at radius 2 is 2.38 bits per heavy atom. The highest BCUT2D eigenvalue weighted by Gasteiger charge is 2.14. The van der Waals surface area contributed by atoms with E-state index in [2.05, 4.69) is 17.6 Å². The highest BCUT2D eigenvalue weighted by Crippen LogP contribution is 2.23. The highest BCUT2D eigenvalue weighted by molar-refractivity contribution is 8.06. The zero-order valence-electron chi connectivity index (χ0n) is 9.82. The van der Waals surface area contributed by atoms with Crippen LogP contribution in [0.4, 0.5) is 0 Å². The molecule has 0 saturated carbocycles. The standard InChI is InChI=1S/C10H20N2OS3/c1-8(6-13-2)12-10(14)11-5-9-7-15-3-4-16-9/h8-9H,3-7H2,1-2H3,(H2,11,12,14). The summed E-state index contributed by atoms with van der Waals surface area (Å²) >= 11 is 9.29. The molecule has 3 nitrogen and oxygen atoms in total. The zero-order chi connectivity index (χ0) is 11.8. The Hall–Kier alpha value is 0.350. The molecule has 2 unspecified atom stereocenters. The van der Waals surface area contributed by atoms with Gasteiger partial charge >= 0.3 is 0 Å². The first-order valence-electron chi connectivity index (χ1n) is 5.45. The van der Waals surface area contributed by atoms with Crippen molar-refractivity contribution in [1.82, 2.24) is 10.6 Å². The number of hydrogen-bond donors (Lipinski definition) is 2. The van der Waals surface area contributed by atoms with Crippen molar-refractivity contribution < 1.29 is 4.74 Å². The normalized spacial score (nSPS) is 22.5. The van der Waals surface area contributed by atoms with Gasteiger partial charge in [0.1, 0.15) is 0 Å². The average Bonchev–Trinajstić information content (AvgIpc) is 2.28. The number of ether oxygens (including phenoxy) is 1. The van der Waals surface area contributed by atoms with Gasteiger partial charge < -0.3 is 15.4 Å². The number of nitrogens with one attached hydrogen (secondary N) is 2. The molecule has 0 aromatic carbocycles. The minimum atomic E-state index is 0.262. The molecule has 0 radical (unpaired) electrons. The van der Waals surface area contributed by atoms with Crippen LogP contribution < -0.4 is 10.6 Å². The summed E-state index contributed by atoms with van der Waals surface area (Å²) in [6, 6.07) is 0.262. The summed E-state index contributed by atoms with van der Waals surface area (Å²) in [7, 11) is 1.70. The molecule has 16 heavy (non-hydrogen) atoms. The summed E-state index contributed by atoms with van der Waals surface area (Å²) in [6.45, 7) is 3.70. The van der Waals surface area contributed by atoms with Crippen molar-refractivity contribution in [3.05, 3.63) is 0 Å². The molecule has 94 valence electrons. The predicted molar refractivity (Wildman–Crippen MR) is 78.6 cm³/mol. The Kier molecular flexibility index (Phi) is 7.60. The van der Waals surface area contributed by atoms with Gasteiger partial charge in [0.05, 0.1) is 6.61 Å². The number of hydrogen-bond acceptors (Lipinski definition) is 4. The fourth-order valence-electron chi connectivity index (χ4n) is 1.43. The van der Waals surface area contributed by atoms with Gasteiger partial charge in [0, 0.05) is 42.2 Å². The summed E-state index contributed by atoms with van der Waals surface area (Å²) in [5.74, 6) is 3.78. The largest absolute Gasteiger partial charge is 0.383 e. The number of rotatable bonds is 5. The topological polar surface area (TPSA) is 33.3 Å². The third-order valence-electron chi connectivity index (χ3n) is 2.17. The first-order chi connectivity index (χ1) is 7.72. The summed E-state index contributed by atoms with van der Waals surface area (Å²) in [5, 5.41) is 7.90. The van der Waals surface area contributed by atoms with Gasteiger partial charge in [0.15, 0.2) is 5.11 Å². The smallest absolute Gasteiger partial charge is 0.166 e. The lowest BCUT2D eigenvalue weighted by atomic mass is 10.4. The van der Waals surface area contributed by atoms with E-state index in [9.17, 15) is 0 Å². The second kappa shape index (κ2) is 8.44. The van der Waals surface area contributed by atoms with E-state index < -0.39 is 0 Å². The van der Waals surface area contributed by atoms with Crippen LogP contribution in [0.3, 0.4) is 0 Å². The molecule has 1 fully saturated rings.